The third-order valence-electron chi connectivity index (χ3n) is 6.88. The second-order valence-electron chi connectivity index (χ2n) is 8.76. The molecule has 0 spiro atoms. The van der Waals surface area contributed by atoms with E-state index in [4.69, 9.17) is 4.74 Å². The number of ether oxygens (including phenoxy) is 1. The van der Waals surface area contributed by atoms with Gasteiger partial charge in [0.1, 0.15) is 0 Å². The first kappa shape index (κ1) is 18.8. The van der Waals surface area contributed by atoms with Gasteiger partial charge in [-0.3, -0.25) is 14.4 Å². The first-order valence-electron chi connectivity index (χ1n) is 10.9. The molecule has 1 aromatic heterocycles. The molecule has 29 heavy (non-hydrogen) atoms. The number of aryl methyl sites for hydroxylation is 1. The molecule has 6 rings (SSSR count). The van der Waals surface area contributed by atoms with Crippen LogP contribution in [-0.4, -0.2) is 70.4 Å². The van der Waals surface area contributed by atoms with E-state index in [1.165, 1.54) is 6.42 Å². The molecule has 6 heteroatoms. The largest absolute Gasteiger partial charge is 0.381 e. The zero-order valence-electron chi connectivity index (χ0n) is 17.2. The number of aromatic nitrogens is 2. The Morgan fingerprint density at radius 2 is 1.79 bits per heavy atom. The molecule has 5 heterocycles. The molecular weight excluding hydrogens is 364 g/mol. The summed E-state index contributed by atoms with van der Waals surface area (Å²) < 4.78 is 7.38. The highest BCUT2D eigenvalue weighted by Gasteiger charge is 2.40. The van der Waals surface area contributed by atoms with E-state index in [1.54, 1.807) is 0 Å². The summed E-state index contributed by atoms with van der Waals surface area (Å²) >= 11 is 0. The van der Waals surface area contributed by atoms with E-state index in [-0.39, 0.29) is 5.91 Å². The summed E-state index contributed by atoms with van der Waals surface area (Å²) in [4.78, 5) is 18.2. The minimum absolute atomic E-state index is 0.0892. The van der Waals surface area contributed by atoms with E-state index in [9.17, 15) is 4.79 Å². The van der Waals surface area contributed by atoms with Crippen LogP contribution in [0, 0.1) is 5.92 Å². The van der Waals surface area contributed by atoms with Crippen molar-refractivity contribution in [2.45, 2.75) is 37.8 Å². The highest BCUT2D eigenvalue weighted by Crippen LogP contribution is 2.32. The summed E-state index contributed by atoms with van der Waals surface area (Å²) in [6, 6.07) is 13.0. The molecule has 0 aliphatic carbocycles. The fourth-order valence-corrected chi connectivity index (χ4v) is 5.31. The van der Waals surface area contributed by atoms with E-state index < -0.39 is 0 Å². The third-order valence-corrected chi connectivity index (χ3v) is 6.88. The molecule has 4 aliphatic heterocycles. The average Bonchev–Trinajstić information content (AvgIpc) is 2.94. The molecule has 0 N–H and O–H groups in total. The van der Waals surface area contributed by atoms with Crippen LogP contribution >= 0.6 is 0 Å². The van der Waals surface area contributed by atoms with Gasteiger partial charge in [0.05, 0.1) is 5.69 Å². The summed E-state index contributed by atoms with van der Waals surface area (Å²) in [6.07, 6.45) is 4.57. The number of benzene rings is 1. The minimum Gasteiger partial charge on any atom is -0.381 e. The molecule has 4 aliphatic rings. The first-order chi connectivity index (χ1) is 14.2. The average molecular weight is 395 g/mol. The zero-order chi connectivity index (χ0) is 19.8. The van der Waals surface area contributed by atoms with E-state index in [1.807, 2.05) is 36.0 Å². The number of hydrogen-bond acceptors (Lipinski definition) is 4. The normalized spacial score (nSPS) is 25.9. The first-order valence-corrected chi connectivity index (χ1v) is 10.9. The molecule has 0 saturated carbocycles. The Kier molecular flexibility index (Phi) is 5.14. The van der Waals surface area contributed by atoms with Gasteiger partial charge in [0.25, 0.3) is 5.91 Å². The Balaban J connectivity index is 1.35. The van der Waals surface area contributed by atoms with Crippen LogP contribution in [0.2, 0.25) is 0 Å². The Morgan fingerprint density at radius 1 is 1.00 bits per heavy atom. The lowest BCUT2D eigenvalue weighted by Gasteiger charge is -2.36. The van der Waals surface area contributed by atoms with Crippen molar-refractivity contribution in [3.05, 3.63) is 42.1 Å². The number of hydrogen-bond donors (Lipinski definition) is 0. The molecule has 154 valence electrons. The monoisotopic (exact) mass is 394 g/mol. The molecule has 0 radical (unpaired) electrons. The van der Waals surface area contributed by atoms with Crippen LogP contribution in [-0.2, 0) is 11.8 Å². The molecule has 6 nitrogen and oxygen atoms in total. The maximum absolute atomic E-state index is 13.4. The van der Waals surface area contributed by atoms with Crippen molar-refractivity contribution in [3.63, 3.8) is 0 Å². The molecule has 2 aromatic rings. The zero-order valence-corrected chi connectivity index (χ0v) is 17.2. The van der Waals surface area contributed by atoms with Crippen LogP contribution in [0.25, 0.3) is 11.3 Å². The maximum atomic E-state index is 13.4. The number of carbonyl (C=O) groups excluding carboxylic acids is 1. The van der Waals surface area contributed by atoms with Gasteiger partial charge in [-0.15, -0.1) is 0 Å². The second kappa shape index (κ2) is 7.92. The van der Waals surface area contributed by atoms with Gasteiger partial charge in [-0.1, -0.05) is 30.3 Å². The van der Waals surface area contributed by atoms with Crippen LogP contribution in [0.4, 0.5) is 0 Å². The molecule has 1 amide bonds. The lowest BCUT2D eigenvalue weighted by molar-refractivity contribution is 0.0304. The van der Waals surface area contributed by atoms with E-state index in [0.29, 0.717) is 23.7 Å². The fourth-order valence-electron chi connectivity index (χ4n) is 5.31. The minimum atomic E-state index is 0.0892. The SMILES string of the molecule is Cn1nc(C(=O)N2CC3CCC2CN(C2CCOCC2)C3)cc1-c1ccccc1. The van der Waals surface area contributed by atoms with Gasteiger partial charge >= 0.3 is 0 Å². The number of carbonyl (C=O) groups is 1. The Labute approximate surface area is 172 Å². The van der Waals surface area contributed by atoms with Crippen molar-refractivity contribution in [1.29, 1.82) is 0 Å². The van der Waals surface area contributed by atoms with Crippen molar-refractivity contribution in [2.75, 3.05) is 32.8 Å². The third kappa shape index (κ3) is 3.71. The Hall–Kier alpha value is -2.18. The van der Waals surface area contributed by atoms with Crippen molar-refractivity contribution in [2.24, 2.45) is 13.0 Å². The predicted octanol–water partition coefficient (Wildman–Crippen LogP) is 2.80. The molecule has 2 bridgehead atoms. The summed E-state index contributed by atoms with van der Waals surface area (Å²) in [6.45, 7) is 4.71. The van der Waals surface area contributed by atoms with Crippen LogP contribution in [0.3, 0.4) is 0 Å². The second-order valence-corrected chi connectivity index (χ2v) is 8.76. The van der Waals surface area contributed by atoms with Crippen molar-refractivity contribution >= 4 is 5.91 Å². The highest BCUT2D eigenvalue weighted by atomic mass is 16.5. The maximum Gasteiger partial charge on any atom is 0.274 e. The smallest absolute Gasteiger partial charge is 0.274 e. The van der Waals surface area contributed by atoms with Gasteiger partial charge in [0.2, 0.25) is 0 Å². The summed E-state index contributed by atoms with van der Waals surface area (Å²) in [5, 5.41) is 4.58. The van der Waals surface area contributed by atoms with Crippen molar-refractivity contribution in [1.82, 2.24) is 19.6 Å². The van der Waals surface area contributed by atoms with Gasteiger partial charge in [0.15, 0.2) is 5.69 Å². The van der Waals surface area contributed by atoms with Crippen LogP contribution in [0.5, 0.6) is 0 Å². The molecule has 2 atom stereocenters. The topological polar surface area (TPSA) is 50.6 Å². The van der Waals surface area contributed by atoms with Crippen LogP contribution in [0.1, 0.15) is 36.2 Å². The molecule has 1 aromatic carbocycles. The van der Waals surface area contributed by atoms with Crippen LogP contribution < -0.4 is 0 Å². The van der Waals surface area contributed by atoms with Crippen molar-refractivity contribution < 1.29 is 9.53 Å². The lowest BCUT2D eigenvalue weighted by Crippen LogP contribution is -2.48. The van der Waals surface area contributed by atoms with E-state index in [0.717, 1.165) is 63.4 Å². The predicted molar refractivity (Wildman–Crippen MR) is 112 cm³/mol. The number of amides is 1. The Morgan fingerprint density at radius 3 is 2.59 bits per heavy atom. The van der Waals surface area contributed by atoms with E-state index >= 15 is 0 Å². The molecular formula is C23H30N4O2. The summed E-state index contributed by atoms with van der Waals surface area (Å²) in [5.74, 6) is 0.657. The molecule has 4 saturated heterocycles. The Bertz CT molecular complexity index is 859. The fraction of sp³-hybridized carbons (Fsp3) is 0.565. The number of piperidine rings is 1. The standard InChI is InChI=1S/C23H30N4O2/c1-25-22(18-5-3-2-4-6-18)13-21(24-25)23(28)27-15-17-7-8-20(27)16-26(14-17)19-9-11-29-12-10-19/h2-6,13,17,19-20H,7-12,14-16H2,1H3. The van der Waals surface area contributed by atoms with Gasteiger partial charge in [0, 0.05) is 52.0 Å². The summed E-state index contributed by atoms with van der Waals surface area (Å²) in [5.41, 5.74) is 2.64. The summed E-state index contributed by atoms with van der Waals surface area (Å²) in [7, 11) is 1.92. The molecule has 4 fully saturated rings. The highest BCUT2D eigenvalue weighted by molar-refractivity contribution is 5.93. The van der Waals surface area contributed by atoms with Crippen molar-refractivity contribution in [3.8, 4) is 11.3 Å². The number of nitrogens with zero attached hydrogens (tertiary/aromatic N) is 4. The van der Waals surface area contributed by atoms with Gasteiger partial charge in [-0.25, -0.2) is 0 Å². The lowest BCUT2D eigenvalue weighted by atomic mass is 9.94. The van der Waals surface area contributed by atoms with E-state index in [2.05, 4.69) is 27.0 Å². The van der Waals surface area contributed by atoms with Gasteiger partial charge < -0.3 is 9.64 Å². The number of rotatable bonds is 3. The van der Waals surface area contributed by atoms with Gasteiger partial charge in [-0.05, 0) is 43.2 Å². The van der Waals surface area contributed by atoms with Gasteiger partial charge in [-0.2, -0.15) is 5.10 Å². The molecule has 2 unspecified atom stereocenters. The number of fused-ring (bicyclic) bond motifs is 4. The quantitative estimate of drug-likeness (QED) is 0.803. The van der Waals surface area contributed by atoms with Crippen LogP contribution in [0.15, 0.2) is 36.4 Å².